The quantitative estimate of drug-likeness (QED) is 0.780. The molecule has 2 aliphatic rings. The predicted molar refractivity (Wildman–Crippen MR) is 70.3 cm³/mol. The van der Waals surface area contributed by atoms with Gasteiger partial charge in [0.25, 0.3) is 0 Å². The number of fused-ring (bicyclic) bond motifs is 1. The second-order valence-electron chi connectivity index (χ2n) is 5.80. The first-order valence-electron chi connectivity index (χ1n) is 6.80. The maximum atomic E-state index is 11.4. The van der Waals surface area contributed by atoms with Crippen LogP contribution in [-0.4, -0.2) is 29.5 Å². The predicted octanol–water partition coefficient (Wildman–Crippen LogP) is 1.76. The molecule has 0 radical (unpaired) electrons. The largest absolute Gasteiger partial charge is 0.334 e. The van der Waals surface area contributed by atoms with Crippen LogP contribution < -0.4 is 0 Å². The summed E-state index contributed by atoms with van der Waals surface area (Å²) in [5.74, 6) is 2.93. The van der Waals surface area contributed by atoms with Crippen molar-refractivity contribution in [2.75, 3.05) is 11.5 Å². The van der Waals surface area contributed by atoms with Crippen molar-refractivity contribution in [1.29, 1.82) is 0 Å². The molecule has 0 spiro atoms. The van der Waals surface area contributed by atoms with Gasteiger partial charge in [-0.2, -0.15) is 0 Å². The summed E-state index contributed by atoms with van der Waals surface area (Å²) in [7, 11) is -2.77. The highest BCUT2D eigenvalue weighted by molar-refractivity contribution is 7.91. The van der Waals surface area contributed by atoms with Crippen LogP contribution in [0.15, 0.2) is 6.20 Å². The molecule has 100 valence electrons. The number of hydrogen-bond acceptors (Lipinski definition) is 3. The van der Waals surface area contributed by atoms with Gasteiger partial charge in [-0.15, -0.1) is 0 Å². The molecule has 1 aromatic heterocycles. The van der Waals surface area contributed by atoms with Crippen LogP contribution in [0.4, 0.5) is 0 Å². The van der Waals surface area contributed by atoms with Crippen LogP contribution in [0.1, 0.15) is 43.6 Å². The summed E-state index contributed by atoms with van der Waals surface area (Å²) in [6.07, 6.45) is 5.93. The molecular formula is C13H20N2O2S. The van der Waals surface area contributed by atoms with Gasteiger partial charge in [0, 0.05) is 25.1 Å². The van der Waals surface area contributed by atoms with Gasteiger partial charge in [0.15, 0.2) is 0 Å². The molecule has 2 aliphatic heterocycles. The van der Waals surface area contributed by atoms with Crippen molar-refractivity contribution in [3.05, 3.63) is 17.7 Å². The minimum Gasteiger partial charge on any atom is -0.334 e. The number of nitrogens with zero attached hydrogens (tertiary/aromatic N) is 2. The fourth-order valence-corrected chi connectivity index (χ4v) is 4.51. The Bertz CT molecular complexity index is 533. The molecule has 0 amide bonds. The molecule has 1 aromatic rings. The number of aryl methyl sites for hydroxylation is 1. The van der Waals surface area contributed by atoms with E-state index in [2.05, 4.69) is 17.7 Å². The van der Waals surface area contributed by atoms with Crippen molar-refractivity contribution in [3.8, 4) is 0 Å². The topological polar surface area (TPSA) is 52.0 Å². The summed E-state index contributed by atoms with van der Waals surface area (Å²) in [4.78, 5) is 4.72. The zero-order valence-corrected chi connectivity index (χ0v) is 11.6. The molecule has 18 heavy (non-hydrogen) atoms. The maximum absolute atomic E-state index is 11.4. The lowest BCUT2D eigenvalue weighted by Gasteiger charge is -2.20. The summed E-state index contributed by atoms with van der Waals surface area (Å²) in [6, 6.07) is 0. The van der Waals surface area contributed by atoms with Gasteiger partial charge in [-0.1, -0.05) is 6.92 Å². The first kappa shape index (κ1) is 12.2. The lowest BCUT2D eigenvalue weighted by atomic mass is 10.00. The molecular weight excluding hydrogens is 248 g/mol. The third kappa shape index (κ3) is 2.32. The zero-order chi connectivity index (χ0) is 12.8. The molecule has 3 rings (SSSR count). The summed E-state index contributed by atoms with van der Waals surface area (Å²) >= 11 is 0. The standard InChI is InChI=1S/C13H20N2O2S/c1-10-2-3-13-14-12(9-15(13)8-10)11-4-6-18(16,17)7-5-11/h9-11H,2-8H2,1H3. The highest BCUT2D eigenvalue weighted by Crippen LogP contribution is 2.30. The third-order valence-corrected chi connectivity index (χ3v) is 5.94. The summed E-state index contributed by atoms with van der Waals surface area (Å²) in [5.41, 5.74) is 1.12. The minimum absolute atomic E-state index is 0.330. The van der Waals surface area contributed by atoms with Crippen molar-refractivity contribution in [2.24, 2.45) is 5.92 Å². The smallest absolute Gasteiger partial charge is 0.150 e. The lowest BCUT2D eigenvalue weighted by molar-refractivity contribution is 0.394. The molecule has 1 unspecified atom stereocenters. The van der Waals surface area contributed by atoms with Gasteiger partial charge in [0.1, 0.15) is 15.7 Å². The number of imidazole rings is 1. The second-order valence-corrected chi connectivity index (χ2v) is 8.11. The fourth-order valence-electron chi connectivity index (χ4n) is 3.02. The van der Waals surface area contributed by atoms with Crippen LogP contribution in [0.2, 0.25) is 0 Å². The van der Waals surface area contributed by atoms with Gasteiger partial charge in [-0.3, -0.25) is 0 Å². The normalized spacial score (nSPS) is 27.9. The van der Waals surface area contributed by atoms with E-state index in [9.17, 15) is 8.42 Å². The SMILES string of the molecule is CC1CCc2nc(C3CCS(=O)(=O)CC3)cn2C1. The van der Waals surface area contributed by atoms with Gasteiger partial charge in [0.2, 0.25) is 0 Å². The van der Waals surface area contributed by atoms with E-state index < -0.39 is 9.84 Å². The van der Waals surface area contributed by atoms with Crippen LogP contribution in [0.25, 0.3) is 0 Å². The van der Waals surface area contributed by atoms with Crippen LogP contribution in [-0.2, 0) is 22.8 Å². The Morgan fingerprint density at radius 3 is 2.72 bits per heavy atom. The Kier molecular flexibility index (Phi) is 2.96. The summed E-state index contributed by atoms with van der Waals surface area (Å²) in [6.45, 7) is 3.34. The molecule has 0 aliphatic carbocycles. The first-order chi connectivity index (χ1) is 8.53. The van der Waals surface area contributed by atoms with E-state index in [4.69, 9.17) is 4.98 Å². The van der Waals surface area contributed by atoms with Crippen molar-refractivity contribution in [2.45, 2.75) is 45.1 Å². The van der Waals surface area contributed by atoms with E-state index >= 15 is 0 Å². The molecule has 1 saturated heterocycles. The van der Waals surface area contributed by atoms with Crippen molar-refractivity contribution in [1.82, 2.24) is 9.55 Å². The number of aromatic nitrogens is 2. The van der Waals surface area contributed by atoms with E-state index in [0.29, 0.717) is 17.4 Å². The van der Waals surface area contributed by atoms with Crippen LogP contribution in [0.5, 0.6) is 0 Å². The molecule has 0 bridgehead atoms. The van der Waals surface area contributed by atoms with E-state index in [1.807, 2.05) is 0 Å². The van der Waals surface area contributed by atoms with Gasteiger partial charge >= 0.3 is 0 Å². The maximum Gasteiger partial charge on any atom is 0.150 e. The van der Waals surface area contributed by atoms with Crippen molar-refractivity contribution < 1.29 is 8.42 Å². The molecule has 0 aromatic carbocycles. The number of hydrogen-bond donors (Lipinski definition) is 0. The van der Waals surface area contributed by atoms with E-state index in [1.165, 1.54) is 12.2 Å². The van der Waals surface area contributed by atoms with Crippen LogP contribution in [0, 0.1) is 5.92 Å². The molecule has 4 nitrogen and oxygen atoms in total. The van der Waals surface area contributed by atoms with Crippen LogP contribution >= 0.6 is 0 Å². The summed E-state index contributed by atoms with van der Waals surface area (Å²) < 4.78 is 25.1. The second kappa shape index (κ2) is 4.37. The third-order valence-electron chi connectivity index (χ3n) is 4.22. The van der Waals surface area contributed by atoms with Gasteiger partial charge in [-0.25, -0.2) is 13.4 Å². The monoisotopic (exact) mass is 268 g/mol. The zero-order valence-electron chi connectivity index (χ0n) is 10.8. The van der Waals surface area contributed by atoms with E-state index in [-0.39, 0.29) is 0 Å². The lowest BCUT2D eigenvalue weighted by Crippen LogP contribution is -2.22. The highest BCUT2D eigenvalue weighted by atomic mass is 32.2. The van der Waals surface area contributed by atoms with Crippen LogP contribution in [0.3, 0.4) is 0 Å². The Morgan fingerprint density at radius 2 is 2.00 bits per heavy atom. The molecule has 0 saturated carbocycles. The highest BCUT2D eigenvalue weighted by Gasteiger charge is 2.27. The van der Waals surface area contributed by atoms with Gasteiger partial charge in [-0.05, 0) is 25.2 Å². The molecule has 3 heterocycles. The summed E-state index contributed by atoms with van der Waals surface area (Å²) in [5, 5.41) is 0. The molecule has 5 heteroatoms. The molecule has 1 fully saturated rings. The Hall–Kier alpha value is -0.840. The van der Waals surface area contributed by atoms with Gasteiger partial charge < -0.3 is 4.57 Å². The Balaban J connectivity index is 1.78. The van der Waals surface area contributed by atoms with E-state index in [1.54, 1.807) is 0 Å². The van der Waals surface area contributed by atoms with Crippen molar-refractivity contribution >= 4 is 9.84 Å². The van der Waals surface area contributed by atoms with Crippen molar-refractivity contribution in [3.63, 3.8) is 0 Å². The first-order valence-corrected chi connectivity index (χ1v) is 8.62. The number of sulfone groups is 1. The Labute approximate surface area is 108 Å². The van der Waals surface area contributed by atoms with E-state index in [0.717, 1.165) is 37.4 Å². The van der Waals surface area contributed by atoms with Gasteiger partial charge in [0.05, 0.1) is 17.2 Å². The Morgan fingerprint density at radius 1 is 1.28 bits per heavy atom. The minimum atomic E-state index is -2.77. The number of rotatable bonds is 1. The fraction of sp³-hybridized carbons (Fsp3) is 0.769. The molecule has 1 atom stereocenters. The average Bonchev–Trinajstić information content (AvgIpc) is 2.71. The molecule has 0 N–H and O–H groups in total. The average molecular weight is 268 g/mol.